The molecule has 0 aliphatic heterocycles. The lowest BCUT2D eigenvalue weighted by Crippen LogP contribution is -2.37. The standard InChI is InChI=1S/C16H25ClN4O2.HI/c1-5-18-16(19-6-2)20-8-7-15(22)21-13-9-11(3)12(17)10-14(13)23-4;/h9-10H,5-8H2,1-4H3,(H,21,22)(H2,18,19,20);1H. The summed E-state index contributed by atoms with van der Waals surface area (Å²) < 4.78 is 5.24. The normalized spacial score (nSPS) is 9.54. The molecule has 1 aromatic rings. The molecule has 0 aliphatic rings. The van der Waals surface area contributed by atoms with E-state index in [2.05, 4.69) is 20.9 Å². The predicted molar refractivity (Wildman–Crippen MR) is 111 cm³/mol. The molecular formula is C16H26ClIN4O2. The van der Waals surface area contributed by atoms with Gasteiger partial charge in [-0.1, -0.05) is 11.6 Å². The van der Waals surface area contributed by atoms with Gasteiger partial charge in [-0.15, -0.1) is 24.0 Å². The highest BCUT2D eigenvalue weighted by molar-refractivity contribution is 14.0. The molecule has 0 radical (unpaired) electrons. The molecule has 0 unspecified atom stereocenters. The van der Waals surface area contributed by atoms with Crippen molar-refractivity contribution in [2.45, 2.75) is 27.2 Å². The number of hydrogen-bond donors (Lipinski definition) is 3. The van der Waals surface area contributed by atoms with Gasteiger partial charge in [0.05, 0.1) is 19.3 Å². The van der Waals surface area contributed by atoms with Gasteiger partial charge in [0.15, 0.2) is 5.96 Å². The molecule has 1 aromatic carbocycles. The summed E-state index contributed by atoms with van der Waals surface area (Å²) in [5, 5.41) is 9.66. The molecule has 1 amide bonds. The smallest absolute Gasteiger partial charge is 0.226 e. The molecule has 0 saturated carbocycles. The number of benzene rings is 1. The first-order chi connectivity index (χ1) is 11.0. The van der Waals surface area contributed by atoms with E-state index in [1.54, 1.807) is 19.2 Å². The second kappa shape index (κ2) is 12.2. The summed E-state index contributed by atoms with van der Waals surface area (Å²) in [6.07, 6.45) is 0.283. The molecule has 8 heteroatoms. The minimum atomic E-state index is -0.124. The summed E-state index contributed by atoms with van der Waals surface area (Å²) in [6.45, 7) is 7.82. The Morgan fingerprint density at radius 3 is 2.42 bits per heavy atom. The van der Waals surface area contributed by atoms with Crippen molar-refractivity contribution >= 4 is 53.1 Å². The number of ether oxygens (including phenoxy) is 1. The van der Waals surface area contributed by atoms with Crippen molar-refractivity contribution < 1.29 is 9.53 Å². The van der Waals surface area contributed by atoms with Crippen LogP contribution in [-0.4, -0.2) is 38.6 Å². The van der Waals surface area contributed by atoms with Crippen LogP contribution in [0.25, 0.3) is 0 Å². The SMILES string of the molecule is CCNC(=NCCC(=O)Nc1cc(C)c(Cl)cc1OC)NCC.I. The van der Waals surface area contributed by atoms with Crippen LogP contribution in [0.3, 0.4) is 0 Å². The third-order valence-electron chi connectivity index (χ3n) is 3.05. The summed E-state index contributed by atoms with van der Waals surface area (Å²) in [4.78, 5) is 16.4. The van der Waals surface area contributed by atoms with E-state index in [1.165, 1.54) is 0 Å². The lowest BCUT2D eigenvalue weighted by Gasteiger charge is -2.12. The van der Waals surface area contributed by atoms with Gasteiger partial charge in [-0.05, 0) is 32.4 Å². The Bertz CT molecular complexity index is 559. The van der Waals surface area contributed by atoms with E-state index in [9.17, 15) is 4.79 Å². The van der Waals surface area contributed by atoms with E-state index < -0.39 is 0 Å². The Hall–Kier alpha value is -1.22. The number of carbonyl (C=O) groups is 1. The van der Waals surface area contributed by atoms with Gasteiger partial charge in [0, 0.05) is 30.6 Å². The monoisotopic (exact) mass is 468 g/mol. The van der Waals surface area contributed by atoms with Crippen LogP contribution in [0.5, 0.6) is 5.75 Å². The minimum Gasteiger partial charge on any atom is -0.495 e. The quantitative estimate of drug-likeness (QED) is 0.326. The molecule has 0 fully saturated rings. The third-order valence-corrected chi connectivity index (χ3v) is 3.46. The van der Waals surface area contributed by atoms with E-state index in [-0.39, 0.29) is 36.3 Å². The van der Waals surface area contributed by atoms with Crippen LogP contribution in [0.4, 0.5) is 5.69 Å². The maximum atomic E-state index is 12.1. The highest BCUT2D eigenvalue weighted by atomic mass is 127. The first-order valence-corrected chi connectivity index (χ1v) is 8.05. The maximum absolute atomic E-state index is 12.1. The van der Waals surface area contributed by atoms with Gasteiger partial charge >= 0.3 is 0 Å². The average molecular weight is 469 g/mol. The van der Waals surface area contributed by atoms with Gasteiger partial charge in [0.25, 0.3) is 0 Å². The molecule has 24 heavy (non-hydrogen) atoms. The van der Waals surface area contributed by atoms with Crippen LogP contribution in [0, 0.1) is 6.92 Å². The zero-order chi connectivity index (χ0) is 17.2. The molecule has 0 aromatic heterocycles. The van der Waals surface area contributed by atoms with Crippen LogP contribution in [0.15, 0.2) is 17.1 Å². The van der Waals surface area contributed by atoms with Crippen molar-refractivity contribution in [3.63, 3.8) is 0 Å². The van der Waals surface area contributed by atoms with E-state index in [1.807, 2.05) is 20.8 Å². The van der Waals surface area contributed by atoms with Crippen LogP contribution in [0.1, 0.15) is 25.8 Å². The molecule has 0 bridgehead atoms. The number of carbonyl (C=O) groups excluding carboxylic acids is 1. The summed E-state index contributed by atoms with van der Waals surface area (Å²) >= 11 is 6.05. The molecule has 1 rings (SSSR count). The Morgan fingerprint density at radius 1 is 1.25 bits per heavy atom. The fourth-order valence-corrected chi connectivity index (χ4v) is 2.07. The minimum absolute atomic E-state index is 0. The number of nitrogens with one attached hydrogen (secondary N) is 3. The fourth-order valence-electron chi connectivity index (χ4n) is 1.92. The van der Waals surface area contributed by atoms with E-state index in [4.69, 9.17) is 16.3 Å². The number of guanidine groups is 1. The Kier molecular flexibility index (Phi) is 11.6. The van der Waals surface area contributed by atoms with E-state index >= 15 is 0 Å². The van der Waals surface area contributed by atoms with Gasteiger partial charge in [-0.2, -0.15) is 0 Å². The highest BCUT2D eigenvalue weighted by Crippen LogP contribution is 2.30. The number of amides is 1. The van der Waals surface area contributed by atoms with Crippen LogP contribution >= 0.6 is 35.6 Å². The maximum Gasteiger partial charge on any atom is 0.226 e. The molecule has 0 heterocycles. The second-order valence-electron chi connectivity index (χ2n) is 4.89. The summed E-state index contributed by atoms with van der Waals surface area (Å²) in [5.41, 5.74) is 1.49. The van der Waals surface area contributed by atoms with Crippen LogP contribution in [0.2, 0.25) is 5.02 Å². The lowest BCUT2D eigenvalue weighted by molar-refractivity contribution is -0.116. The van der Waals surface area contributed by atoms with Gasteiger partial charge in [0.1, 0.15) is 5.75 Å². The lowest BCUT2D eigenvalue weighted by atomic mass is 10.2. The Balaban J connectivity index is 0.00000529. The first-order valence-electron chi connectivity index (χ1n) is 7.67. The van der Waals surface area contributed by atoms with Crippen LogP contribution in [-0.2, 0) is 4.79 Å². The number of methoxy groups -OCH3 is 1. The number of nitrogens with zero attached hydrogens (tertiary/aromatic N) is 1. The van der Waals surface area contributed by atoms with Crippen molar-refractivity contribution in [3.05, 3.63) is 22.7 Å². The van der Waals surface area contributed by atoms with Gasteiger partial charge in [0.2, 0.25) is 5.91 Å². The Morgan fingerprint density at radius 2 is 1.88 bits per heavy atom. The largest absolute Gasteiger partial charge is 0.495 e. The second-order valence-corrected chi connectivity index (χ2v) is 5.30. The highest BCUT2D eigenvalue weighted by Gasteiger charge is 2.10. The molecule has 6 nitrogen and oxygen atoms in total. The van der Waals surface area contributed by atoms with E-state index in [0.29, 0.717) is 29.0 Å². The van der Waals surface area contributed by atoms with Crippen molar-refractivity contribution in [3.8, 4) is 5.75 Å². The third kappa shape index (κ3) is 7.57. The molecule has 0 saturated heterocycles. The zero-order valence-electron chi connectivity index (χ0n) is 14.5. The van der Waals surface area contributed by atoms with E-state index in [0.717, 1.165) is 18.7 Å². The van der Waals surface area contributed by atoms with Crippen molar-refractivity contribution in [1.29, 1.82) is 0 Å². The number of aryl methyl sites for hydroxylation is 1. The number of halogens is 2. The fraction of sp³-hybridized carbons (Fsp3) is 0.500. The molecular weight excluding hydrogens is 443 g/mol. The van der Waals surface area contributed by atoms with Crippen molar-refractivity contribution in [2.24, 2.45) is 4.99 Å². The summed E-state index contributed by atoms with van der Waals surface area (Å²) in [6, 6.07) is 3.49. The number of aliphatic imine (C=N–C) groups is 1. The summed E-state index contributed by atoms with van der Waals surface area (Å²) in [7, 11) is 1.54. The molecule has 0 aliphatic carbocycles. The van der Waals surface area contributed by atoms with Crippen molar-refractivity contribution in [2.75, 3.05) is 32.1 Å². The van der Waals surface area contributed by atoms with Gasteiger partial charge < -0.3 is 20.7 Å². The summed E-state index contributed by atoms with van der Waals surface area (Å²) in [5.74, 6) is 1.13. The predicted octanol–water partition coefficient (Wildman–Crippen LogP) is 3.18. The number of rotatable bonds is 7. The Labute approximate surface area is 165 Å². The topological polar surface area (TPSA) is 74.8 Å². The number of anilines is 1. The average Bonchev–Trinajstić information content (AvgIpc) is 2.51. The molecule has 0 atom stereocenters. The van der Waals surface area contributed by atoms with Gasteiger partial charge in [-0.25, -0.2) is 0 Å². The first kappa shape index (κ1) is 22.8. The van der Waals surface area contributed by atoms with Crippen LogP contribution < -0.4 is 20.7 Å². The van der Waals surface area contributed by atoms with Gasteiger partial charge in [-0.3, -0.25) is 9.79 Å². The zero-order valence-corrected chi connectivity index (χ0v) is 17.6. The molecule has 3 N–H and O–H groups in total. The number of hydrogen-bond acceptors (Lipinski definition) is 3. The van der Waals surface area contributed by atoms with Crippen molar-refractivity contribution in [1.82, 2.24) is 10.6 Å². The molecule has 0 spiro atoms. The molecule has 136 valence electrons.